The molecule has 2 aromatic carbocycles. The molecule has 5 nitrogen and oxygen atoms in total. The van der Waals surface area contributed by atoms with Gasteiger partial charge in [-0.25, -0.2) is 0 Å². The average Bonchev–Trinajstić information content (AvgIpc) is 2.78. The number of hydrogen-bond acceptors (Lipinski definition) is 3. The molecule has 1 N–H and O–H groups in total. The SMILES string of the molecule is CC[C@H](C)NC(=O)[C@H](CC)N(Cc1ccccc1Cl)C(=O)COc1ccc(C(C)C)cc1. The fourth-order valence-corrected chi connectivity index (χ4v) is 3.54. The topological polar surface area (TPSA) is 58.6 Å². The lowest BCUT2D eigenvalue weighted by atomic mass is 10.0. The summed E-state index contributed by atoms with van der Waals surface area (Å²) in [6.45, 7) is 10.2. The van der Waals surface area contributed by atoms with Gasteiger partial charge >= 0.3 is 0 Å². The largest absolute Gasteiger partial charge is 0.484 e. The number of hydrogen-bond donors (Lipinski definition) is 1. The van der Waals surface area contributed by atoms with E-state index in [0.717, 1.165) is 12.0 Å². The van der Waals surface area contributed by atoms with E-state index >= 15 is 0 Å². The first-order valence-corrected chi connectivity index (χ1v) is 11.7. The molecule has 2 aromatic rings. The minimum atomic E-state index is -0.611. The van der Waals surface area contributed by atoms with E-state index in [1.165, 1.54) is 5.56 Å². The Hall–Kier alpha value is -2.53. The maximum Gasteiger partial charge on any atom is 0.261 e. The number of nitrogens with one attached hydrogen (secondary N) is 1. The highest BCUT2D eigenvalue weighted by atomic mass is 35.5. The Morgan fingerprint density at radius 1 is 1.00 bits per heavy atom. The van der Waals surface area contributed by atoms with E-state index < -0.39 is 6.04 Å². The van der Waals surface area contributed by atoms with Gasteiger partial charge in [-0.2, -0.15) is 0 Å². The van der Waals surface area contributed by atoms with Gasteiger partial charge in [0.1, 0.15) is 11.8 Å². The van der Waals surface area contributed by atoms with Gasteiger partial charge in [0, 0.05) is 17.6 Å². The predicted molar refractivity (Wildman–Crippen MR) is 130 cm³/mol. The van der Waals surface area contributed by atoms with Crippen LogP contribution in [0.3, 0.4) is 0 Å². The summed E-state index contributed by atoms with van der Waals surface area (Å²) in [6, 6.07) is 14.5. The van der Waals surface area contributed by atoms with Crippen molar-refractivity contribution >= 4 is 23.4 Å². The lowest BCUT2D eigenvalue weighted by Gasteiger charge is -2.31. The summed E-state index contributed by atoms with van der Waals surface area (Å²) in [5, 5.41) is 3.56. The predicted octanol–water partition coefficient (Wildman–Crippen LogP) is 5.56. The highest BCUT2D eigenvalue weighted by molar-refractivity contribution is 6.31. The van der Waals surface area contributed by atoms with Crippen LogP contribution >= 0.6 is 11.6 Å². The summed E-state index contributed by atoms with van der Waals surface area (Å²) in [7, 11) is 0. The maximum atomic E-state index is 13.2. The van der Waals surface area contributed by atoms with Crippen molar-refractivity contribution in [2.24, 2.45) is 0 Å². The van der Waals surface area contributed by atoms with Gasteiger partial charge in [0.2, 0.25) is 5.91 Å². The molecule has 0 spiro atoms. The number of rotatable bonds is 11. The summed E-state index contributed by atoms with van der Waals surface area (Å²) in [4.78, 5) is 27.8. The molecule has 0 saturated carbocycles. The third-order valence-electron chi connectivity index (χ3n) is 5.59. The van der Waals surface area contributed by atoms with Crippen molar-refractivity contribution in [1.29, 1.82) is 0 Å². The number of amides is 2. The van der Waals surface area contributed by atoms with Gasteiger partial charge in [-0.15, -0.1) is 0 Å². The van der Waals surface area contributed by atoms with Crippen molar-refractivity contribution in [2.75, 3.05) is 6.61 Å². The fraction of sp³-hybridized carbons (Fsp3) is 0.462. The first-order valence-electron chi connectivity index (χ1n) is 11.3. The molecule has 0 heterocycles. The first-order chi connectivity index (χ1) is 15.3. The number of benzene rings is 2. The molecule has 0 radical (unpaired) electrons. The van der Waals surface area contributed by atoms with Gasteiger partial charge < -0.3 is 15.0 Å². The minimum Gasteiger partial charge on any atom is -0.484 e. The van der Waals surface area contributed by atoms with Gasteiger partial charge in [0.05, 0.1) is 0 Å². The molecule has 0 aliphatic heterocycles. The summed E-state index contributed by atoms with van der Waals surface area (Å²) in [5.74, 6) is 0.622. The summed E-state index contributed by atoms with van der Waals surface area (Å²) < 4.78 is 5.77. The quantitative estimate of drug-likeness (QED) is 0.479. The van der Waals surface area contributed by atoms with Crippen molar-refractivity contribution in [3.05, 3.63) is 64.7 Å². The van der Waals surface area contributed by atoms with E-state index in [-0.39, 0.29) is 31.0 Å². The second-order valence-corrected chi connectivity index (χ2v) is 8.77. The van der Waals surface area contributed by atoms with Gasteiger partial charge in [0.15, 0.2) is 6.61 Å². The molecule has 0 aliphatic rings. The second kappa shape index (κ2) is 12.5. The molecule has 0 unspecified atom stereocenters. The molecule has 2 atom stereocenters. The molecular formula is C26H35ClN2O3. The van der Waals surface area contributed by atoms with Crippen molar-refractivity contribution in [2.45, 2.75) is 72.0 Å². The van der Waals surface area contributed by atoms with Crippen LogP contribution in [0.25, 0.3) is 0 Å². The van der Waals surface area contributed by atoms with Gasteiger partial charge in [-0.3, -0.25) is 9.59 Å². The second-order valence-electron chi connectivity index (χ2n) is 8.37. The zero-order chi connectivity index (χ0) is 23.7. The van der Waals surface area contributed by atoms with Crippen molar-refractivity contribution in [3.63, 3.8) is 0 Å². The van der Waals surface area contributed by atoms with E-state index in [2.05, 4.69) is 19.2 Å². The van der Waals surface area contributed by atoms with E-state index in [1.807, 2.05) is 63.2 Å². The van der Waals surface area contributed by atoms with Gasteiger partial charge in [-0.05, 0) is 55.0 Å². The van der Waals surface area contributed by atoms with Crippen LogP contribution < -0.4 is 10.1 Å². The van der Waals surface area contributed by atoms with E-state index in [4.69, 9.17) is 16.3 Å². The standard InChI is InChI=1S/C26H35ClN2O3/c1-6-19(5)28-26(31)24(7-2)29(16-21-10-8-9-11-23(21)27)25(30)17-32-22-14-12-20(13-15-22)18(3)4/h8-15,18-19,24H,6-7,16-17H2,1-5H3,(H,28,31)/t19-,24-/m0/s1. The molecule has 0 aromatic heterocycles. The number of carbonyl (C=O) groups excluding carboxylic acids is 2. The first kappa shape index (κ1) is 25.7. The van der Waals surface area contributed by atoms with E-state index in [0.29, 0.717) is 23.1 Å². The van der Waals surface area contributed by atoms with Crippen LogP contribution in [0.15, 0.2) is 48.5 Å². The highest BCUT2D eigenvalue weighted by Gasteiger charge is 2.30. The monoisotopic (exact) mass is 458 g/mol. The van der Waals surface area contributed by atoms with Crippen molar-refractivity contribution in [3.8, 4) is 5.75 Å². The Morgan fingerprint density at radius 3 is 2.22 bits per heavy atom. The van der Waals surface area contributed by atoms with Crippen LogP contribution in [0.5, 0.6) is 5.75 Å². The molecule has 0 aliphatic carbocycles. The zero-order valence-electron chi connectivity index (χ0n) is 19.7. The van der Waals surface area contributed by atoms with Crippen LogP contribution in [0.4, 0.5) is 0 Å². The highest BCUT2D eigenvalue weighted by Crippen LogP contribution is 2.21. The molecule has 0 saturated heterocycles. The fourth-order valence-electron chi connectivity index (χ4n) is 3.35. The van der Waals surface area contributed by atoms with Crippen LogP contribution in [-0.4, -0.2) is 35.4 Å². The Balaban J connectivity index is 2.20. The Morgan fingerprint density at radius 2 is 1.66 bits per heavy atom. The Bertz CT molecular complexity index is 883. The third-order valence-corrected chi connectivity index (χ3v) is 5.96. The molecule has 0 bridgehead atoms. The molecule has 2 amide bonds. The van der Waals surface area contributed by atoms with E-state index in [1.54, 1.807) is 11.0 Å². The molecule has 6 heteroatoms. The lowest BCUT2D eigenvalue weighted by Crippen LogP contribution is -2.51. The van der Waals surface area contributed by atoms with E-state index in [9.17, 15) is 9.59 Å². The molecule has 0 fully saturated rings. The van der Waals surface area contributed by atoms with Crippen molar-refractivity contribution in [1.82, 2.24) is 10.2 Å². The smallest absolute Gasteiger partial charge is 0.261 e. The third kappa shape index (κ3) is 7.27. The average molecular weight is 459 g/mol. The number of halogens is 1. The Kier molecular flexibility index (Phi) is 10.0. The van der Waals surface area contributed by atoms with Crippen LogP contribution in [0, 0.1) is 0 Å². The van der Waals surface area contributed by atoms with Gasteiger partial charge in [-0.1, -0.05) is 69.6 Å². The summed E-state index contributed by atoms with van der Waals surface area (Å²) in [5.41, 5.74) is 2.00. The number of nitrogens with zero attached hydrogens (tertiary/aromatic N) is 1. The van der Waals surface area contributed by atoms with Crippen LogP contribution in [-0.2, 0) is 16.1 Å². The summed E-state index contributed by atoms with van der Waals surface area (Å²) >= 11 is 6.35. The van der Waals surface area contributed by atoms with Crippen LogP contribution in [0.1, 0.15) is 64.5 Å². The molecule has 174 valence electrons. The molecule has 32 heavy (non-hydrogen) atoms. The molecule has 2 rings (SSSR count). The maximum absolute atomic E-state index is 13.2. The normalized spacial score (nSPS) is 12.8. The lowest BCUT2D eigenvalue weighted by molar-refractivity contribution is -0.143. The zero-order valence-corrected chi connectivity index (χ0v) is 20.5. The number of carbonyl (C=O) groups is 2. The van der Waals surface area contributed by atoms with Crippen molar-refractivity contribution < 1.29 is 14.3 Å². The van der Waals surface area contributed by atoms with Crippen LogP contribution in [0.2, 0.25) is 5.02 Å². The molecular weight excluding hydrogens is 424 g/mol. The number of ether oxygens (including phenoxy) is 1. The summed E-state index contributed by atoms with van der Waals surface area (Å²) in [6.07, 6.45) is 1.30. The minimum absolute atomic E-state index is 0.0320. The van der Waals surface area contributed by atoms with Gasteiger partial charge in [0.25, 0.3) is 5.91 Å². The Labute approximate surface area is 197 Å².